The van der Waals surface area contributed by atoms with Gasteiger partial charge in [0.2, 0.25) is 0 Å². The summed E-state index contributed by atoms with van der Waals surface area (Å²) in [5, 5.41) is 11.8. The number of ether oxygens (including phenoxy) is 2. The number of fused-ring (bicyclic) bond motifs is 3. The first-order valence-corrected chi connectivity index (χ1v) is 60.5. The van der Waals surface area contributed by atoms with E-state index in [0.29, 0.717) is 35.5 Å². The van der Waals surface area contributed by atoms with Crippen LogP contribution in [0, 0.1) is 13.8 Å². The Morgan fingerprint density at radius 2 is 0.523 bits per heavy atom. The molecule has 149 heavy (non-hydrogen) atoms. The molecule has 0 bridgehead atoms. The van der Waals surface area contributed by atoms with Gasteiger partial charge in [-0.3, -0.25) is 0 Å². The molecule has 0 saturated carbocycles. The Bertz CT molecular complexity index is 6390. The van der Waals surface area contributed by atoms with Gasteiger partial charge in [-0.05, 0) is 385 Å². The molecule has 0 aliphatic heterocycles. The molecule has 0 saturated heterocycles. The molecule has 33 heteroatoms. The van der Waals surface area contributed by atoms with Crippen LogP contribution in [0.1, 0.15) is 221 Å². The minimum atomic E-state index is -4.30. The molecule has 0 aliphatic rings. The molecule has 804 valence electrons. The molecule has 0 amide bonds. The third-order valence-electron chi connectivity index (χ3n) is 23.4. The summed E-state index contributed by atoms with van der Waals surface area (Å²) < 4.78 is 204. The van der Waals surface area contributed by atoms with Crippen molar-refractivity contribution in [2.75, 3.05) is 20.3 Å². The van der Waals surface area contributed by atoms with Crippen molar-refractivity contribution >= 4 is 154 Å². The summed E-state index contributed by atoms with van der Waals surface area (Å²) >= 11 is 16.9. The minimum absolute atomic E-state index is 0.0153. The molecule has 14 aromatic carbocycles. The highest BCUT2D eigenvalue weighted by Gasteiger charge is 2.23. The van der Waals surface area contributed by atoms with Crippen molar-refractivity contribution in [3.63, 3.8) is 0 Å². The second-order valence-corrected chi connectivity index (χ2v) is 47.7. The fourth-order valence-corrected chi connectivity index (χ4v) is 19.3. The summed E-state index contributed by atoms with van der Waals surface area (Å²) in [7, 11) is -24.2. The monoisotopic (exact) mass is 2250 g/mol. The molecule has 21 nitrogen and oxygen atoms in total. The number of hydrogen-bond donors (Lipinski definition) is 1. The predicted molar refractivity (Wildman–Crippen MR) is 621 cm³/mol. The van der Waals surface area contributed by atoms with Crippen LogP contribution in [0.3, 0.4) is 0 Å². The highest BCUT2D eigenvalue weighted by Crippen LogP contribution is 2.48. The van der Waals surface area contributed by atoms with Crippen molar-refractivity contribution in [3.05, 3.63) is 396 Å². The summed E-state index contributed by atoms with van der Waals surface area (Å²) in [6.07, 6.45) is 7.71. The highest BCUT2D eigenvalue weighted by atomic mass is 32.2. The molecule has 15 aromatic rings. The number of benzene rings is 14. The van der Waals surface area contributed by atoms with Crippen LogP contribution in [0.4, 0.5) is 0 Å². The number of hydrogen-bond acceptors (Lipinski definition) is 21. The number of methoxy groups -OCH3 is 1. The van der Waals surface area contributed by atoms with Crippen LogP contribution in [0.25, 0.3) is 25.1 Å². The van der Waals surface area contributed by atoms with E-state index in [0.717, 1.165) is 127 Å². The number of aliphatic hydroxyl groups is 1. The molecule has 15 rings (SSSR count). The van der Waals surface area contributed by atoms with Crippen molar-refractivity contribution in [1.82, 2.24) is 0 Å². The molecule has 1 N–H and O–H groups in total. The Morgan fingerprint density at radius 1 is 0.282 bits per heavy atom. The van der Waals surface area contributed by atoms with Crippen LogP contribution >= 0.6 is 10.5 Å². The summed E-state index contributed by atoms with van der Waals surface area (Å²) in [4.78, 5) is 5.88. The van der Waals surface area contributed by atoms with Crippen LogP contribution in [0.5, 0.6) is 11.5 Å². The van der Waals surface area contributed by atoms with Crippen LogP contribution in [-0.4, -0.2) is 103 Å². The van der Waals surface area contributed by atoms with Crippen molar-refractivity contribution in [1.29, 1.82) is 0 Å². The topological polar surface area (TPSA) is 382 Å². The van der Waals surface area contributed by atoms with Gasteiger partial charge in [0.25, 0.3) is 0 Å². The van der Waals surface area contributed by atoms with Gasteiger partial charge in [-0.2, -0.15) is 0 Å². The van der Waals surface area contributed by atoms with E-state index in [1.165, 1.54) is 115 Å². The highest BCUT2D eigenvalue weighted by molar-refractivity contribution is 7.87. The van der Waals surface area contributed by atoms with Gasteiger partial charge >= 0.3 is 0 Å². The number of aliphatic hydroxyl groups excluding tert-OH is 1. The van der Waals surface area contributed by atoms with Crippen molar-refractivity contribution in [2.45, 2.75) is 245 Å². The van der Waals surface area contributed by atoms with E-state index in [4.69, 9.17) is 14.6 Å². The Hall–Kier alpha value is -9.93. The lowest BCUT2D eigenvalue weighted by atomic mass is 9.99. The lowest BCUT2D eigenvalue weighted by Crippen LogP contribution is -1.99. The Morgan fingerprint density at radius 3 is 0.732 bits per heavy atom. The quantitative estimate of drug-likeness (QED) is 0.0410. The average molecular weight is 2260 g/mol. The second kappa shape index (κ2) is 66.8. The van der Waals surface area contributed by atoms with Crippen molar-refractivity contribution < 1.29 is 92.4 Å². The Balaban J connectivity index is 0.000000342. The first kappa shape index (κ1) is 131. The third kappa shape index (κ3) is 49.6. The van der Waals surface area contributed by atoms with Gasteiger partial charge in [0.05, 0.1) is 43.1 Å². The van der Waals surface area contributed by atoms with E-state index in [1.54, 1.807) is 79.9 Å². The summed E-state index contributed by atoms with van der Waals surface area (Å²) in [6, 6.07) is 105. The van der Waals surface area contributed by atoms with Crippen molar-refractivity contribution in [3.8, 4) is 16.4 Å². The maximum absolute atomic E-state index is 10.6. The van der Waals surface area contributed by atoms with Crippen LogP contribution < -0.4 is 9.47 Å². The molecule has 0 radical (unpaired) electrons. The number of aryl methyl sites for hydroxylation is 2. The maximum Gasteiger partial charge on any atom is 0.187 e. The van der Waals surface area contributed by atoms with E-state index in [1.807, 2.05) is 103 Å². The smallest absolute Gasteiger partial charge is 0.187 e. The molecule has 1 heterocycles. The fraction of sp³-hybridized carbons (Fsp3) is 0.276. The van der Waals surface area contributed by atoms with Crippen LogP contribution in [-0.2, 0) is 130 Å². The van der Waals surface area contributed by atoms with Gasteiger partial charge in [0.1, 0.15) is 86.9 Å². The van der Waals surface area contributed by atoms with Crippen molar-refractivity contribution in [2.24, 2.45) is 0 Å². The zero-order chi connectivity index (χ0) is 111. The largest absolute Gasteiger partial charge is 0.744 e. The van der Waals surface area contributed by atoms with Crippen LogP contribution in [0.15, 0.2) is 400 Å². The molecule has 6 atom stereocenters. The first-order valence-electron chi connectivity index (χ1n) is 48.3. The van der Waals surface area contributed by atoms with E-state index in [-0.39, 0.29) is 46.4 Å². The molecule has 0 spiro atoms. The van der Waals surface area contributed by atoms with E-state index >= 15 is 0 Å². The molecule has 1 aromatic heterocycles. The SMILES string of the molecule is CCC(C)c1ccc(S(=O)(=O)[O-])cc1.CCC(C)c1ccc(S(=O)(=O)[O-])cc1.CCC(C)c1ccc(S(=O)(=O)[O-])cc1.CCC(C)c1ccc(S(=O)(=O)[O-])cc1.CCC(C)c1ccc(S(=O)(=O)[O-])cc1.CCC(C)c1ccc(S(=O)(=O)[O-])cc1.CCCOc1ccc([SH2+])cc1.COc1cccc([SH2+])c1.Cc1ccc([SH2+])cc1.Cc1ccc([SH2+])cc1.OCCc1ccc(-[s+]2c3ccccc3c3ccccc32)cc1.[SH2+]c1ccccc1. The molecular weight excluding hydrogens is 2110 g/mol. The fourth-order valence-electron chi connectivity index (χ4n) is 13.2. The zero-order valence-electron chi connectivity index (χ0n) is 86.9. The second-order valence-electron chi connectivity index (χ2n) is 34.6. The Kier molecular flexibility index (Phi) is 58.9. The Labute approximate surface area is 915 Å². The number of thiophene rings is 1. The average Bonchev–Trinajstić information content (AvgIpc) is 1.60. The van der Waals surface area contributed by atoms with Gasteiger partial charge in [-0.25, -0.2) is 50.5 Å². The lowest BCUT2D eigenvalue weighted by molar-refractivity contribution is 0.299. The normalized spacial score (nSPS) is 12.2. The zero-order valence-corrected chi connectivity index (χ0v) is 97.6. The van der Waals surface area contributed by atoms with Gasteiger partial charge in [-0.15, -0.1) is 0 Å². The first-order chi connectivity index (χ1) is 70.2. The van der Waals surface area contributed by atoms with E-state index < -0.39 is 60.7 Å². The predicted octanol–water partition coefficient (Wildman–Crippen LogP) is 24.6. The van der Waals surface area contributed by atoms with Gasteiger partial charge < -0.3 is 41.9 Å². The maximum atomic E-state index is 10.6. The molecule has 0 fully saturated rings. The van der Waals surface area contributed by atoms with E-state index in [2.05, 4.69) is 264 Å². The van der Waals surface area contributed by atoms with Gasteiger partial charge in [0.15, 0.2) is 24.1 Å². The van der Waals surface area contributed by atoms with E-state index in [9.17, 15) is 77.8 Å². The molecular formula is C116H142O21S12. The summed E-state index contributed by atoms with van der Waals surface area (Å²) in [5.74, 6) is 4.14. The molecule has 0 aliphatic carbocycles. The minimum Gasteiger partial charge on any atom is -0.744 e. The van der Waals surface area contributed by atoms with Crippen LogP contribution in [0.2, 0.25) is 0 Å². The standard InChI is InChI=1S/C20H17OS.6C10H14O3S.C9H12OS.C7H8OS.2C7H8S.C6H6S/c21-14-13-15-9-11-16(12-10-15)22-19-7-3-1-5-17(19)18-6-2-4-8-20(18)22;6*1-3-8(2)9-4-6-10(7-5-9)14(11,12)13;1-2-7-10-8-3-5-9(11)6-4-8;1-8-6-3-2-4-7(9)5-6;2*1-6-2-4-7(8)5-3-6;7-6-4-2-1-3-5-6/h1-12,21H,13-14H2;6*4-8H,3H2,1-2H3,(H,11,12,13);3-6,11H,2,7H2,1H3;2-5,9H,1H3;2*2-5,8H,1H3;1-5,7H/q+1;;;;;;;;;;;/p-1. The van der Waals surface area contributed by atoms with Gasteiger partial charge in [-0.1, -0.05) is 259 Å². The summed E-state index contributed by atoms with van der Waals surface area (Å²) in [5.41, 5.74) is 10.1. The number of rotatable bonds is 25. The lowest BCUT2D eigenvalue weighted by Gasteiger charge is -2.11. The van der Waals surface area contributed by atoms with Gasteiger partial charge in [0, 0.05) is 33.9 Å². The molecule has 6 unspecified atom stereocenters. The third-order valence-corrected chi connectivity index (χ3v) is 32.5. The summed E-state index contributed by atoms with van der Waals surface area (Å²) in [6.45, 7) is 31.9.